The van der Waals surface area contributed by atoms with Gasteiger partial charge < -0.3 is 10.0 Å². The highest BCUT2D eigenvalue weighted by Crippen LogP contribution is 2.29. The fourth-order valence-electron chi connectivity index (χ4n) is 2.60. The Balaban J connectivity index is 2.17. The normalized spacial score (nSPS) is 17.6. The predicted octanol–water partition coefficient (Wildman–Crippen LogP) is 2.06. The molecule has 1 fully saturated rings. The van der Waals surface area contributed by atoms with Crippen molar-refractivity contribution in [1.29, 1.82) is 5.26 Å². The van der Waals surface area contributed by atoms with E-state index in [9.17, 15) is 15.2 Å². The van der Waals surface area contributed by atoms with E-state index in [1.807, 2.05) is 6.07 Å². The number of aliphatic hydroxyl groups is 1. The standard InChI is InChI=1S/C14H17N3O3/c1-10(18)11-4-6-16(7-5-11)13-3-2-12(9-15)14(8-13)17(19)20/h2-3,8,10-11,18H,4-7H2,1H3. The molecule has 0 spiro atoms. The lowest BCUT2D eigenvalue weighted by molar-refractivity contribution is -0.385. The molecular formula is C14H17N3O3. The van der Waals surface area contributed by atoms with Crippen LogP contribution in [0.2, 0.25) is 0 Å². The van der Waals surface area contributed by atoms with Crippen LogP contribution in [0.25, 0.3) is 0 Å². The molecule has 1 aromatic carbocycles. The van der Waals surface area contributed by atoms with Gasteiger partial charge in [-0.1, -0.05) is 0 Å². The summed E-state index contributed by atoms with van der Waals surface area (Å²) in [5, 5.41) is 29.4. The Morgan fingerprint density at radius 2 is 2.15 bits per heavy atom. The van der Waals surface area contributed by atoms with E-state index in [0.717, 1.165) is 31.6 Å². The summed E-state index contributed by atoms with van der Waals surface area (Å²) in [4.78, 5) is 12.5. The van der Waals surface area contributed by atoms with Crippen LogP contribution in [0.4, 0.5) is 11.4 Å². The molecular weight excluding hydrogens is 258 g/mol. The predicted molar refractivity (Wildman–Crippen MR) is 74.4 cm³/mol. The Kier molecular flexibility index (Phi) is 4.20. The first-order valence-electron chi connectivity index (χ1n) is 6.64. The molecule has 106 valence electrons. The fourth-order valence-corrected chi connectivity index (χ4v) is 2.60. The van der Waals surface area contributed by atoms with E-state index in [1.165, 1.54) is 12.1 Å². The van der Waals surface area contributed by atoms with Gasteiger partial charge in [0.1, 0.15) is 11.6 Å². The van der Waals surface area contributed by atoms with Crippen molar-refractivity contribution in [2.24, 2.45) is 5.92 Å². The van der Waals surface area contributed by atoms with Crippen molar-refractivity contribution in [2.45, 2.75) is 25.9 Å². The van der Waals surface area contributed by atoms with Crippen LogP contribution in [0.15, 0.2) is 18.2 Å². The number of nitrogens with zero attached hydrogens (tertiary/aromatic N) is 3. The number of piperidine rings is 1. The number of benzene rings is 1. The third-order valence-electron chi connectivity index (χ3n) is 3.89. The maximum atomic E-state index is 11.0. The molecule has 0 amide bonds. The van der Waals surface area contributed by atoms with Crippen LogP contribution in [0.1, 0.15) is 25.3 Å². The molecule has 1 N–H and O–H groups in total. The van der Waals surface area contributed by atoms with Gasteiger partial charge in [0.2, 0.25) is 0 Å². The fraction of sp³-hybridized carbons (Fsp3) is 0.500. The van der Waals surface area contributed by atoms with Crippen molar-refractivity contribution in [1.82, 2.24) is 0 Å². The molecule has 0 bridgehead atoms. The van der Waals surface area contributed by atoms with Crippen LogP contribution in [-0.2, 0) is 0 Å². The Morgan fingerprint density at radius 3 is 2.65 bits per heavy atom. The molecule has 1 aliphatic rings. The van der Waals surface area contributed by atoms with Gasteiger partial charge >= 0.3 is 0 Å². The first kappa shape index (κ1) is 14.3. The van der Waals surface area contributed by atoms with Crippen molar-refractivity contribution in [3.63, 3.8) is 0 Å². The summed E-state index contributed by atoms with van der Waals surface area (Å²) in [7, 11) is 0. The highest BCUT2D eigenvalue weighted by atomic mass is 16.6. The van der Waals surface area contributed by atoms with Crippen molar-refractivity contribution in [3.05, 3.63) is 33.9 Å². The molecule has 1 atom stereocenters. The number of aliphatic hydroxyl groups excluding tert-OH is 1. The van der Waals surface area contributed by atoms with E-state index >= 15 is 0 Å². The van der Waals surface area contributed by atoms with Crippen molar-refractivity contribution in [3.8, 4) is 6.07 Å². The smallest absolute Gasteiger partial charge is 0.289 e. The second kappa shape index (κ2) is 5.88. The Morgan fingerprint density at radius 1 is 1.50 bits per heavy atom. The third-order valence-corrected chi connectivity index (χ3v) is 3.89. The van der Waals surface area contributed by atoms with E-state index < -0.39 is 4.92 Å². The lowest BCUT2D eigenvalue weighted by atomic mass is 9.92. The molecule has 1 aliphatic heterocycles. The van der Waals surface area contributed by atoms with Gasteiger partial charge in [0.05, 0.1) is 11.0 Å². The molecule has 0 aromatic heterocycles. The molecule has 6 heteroatoms. The van der Waals surface area contributed by atoms with Gasteiger partial charge in [-0.05, 0) is 37.8 Å². The van der Waals surface area contributed by atoms with E-state index in [2.05, 4.69) is 4.90 Å². The zero-order valence-electron chi connectivity index (χ0n) is 11.3. The average molecular weight is 275 g/mol. The summed E-state index contributed by atoms with van der Waals surface area (Å²) in [5.41, 5.74) is 0.694. The zero-order valence-corrected chi connectivity index (χ0v) is 11.3. The van der Waals surface area contributed by atoms with Gasteiger partial charge in [-0.25, -0.2) is 0 Å². The summed E-state index contributed by atoms with van der Waals surface area (Å²) < 4.78 is 0. The minimum absolute atomic E-state index is 0.0811. The van der Waals surface area contributed by atoms with Crippen LogP contribution in [-0.4, -0.2) is 29.2 Å². The van der Waals surface area contributed by atoms with Crippen molar-refractivity contribution < 1.29 is 10.0 Å². The number of rotatable bonds is 3. The topological polar surface area (TPSA) is 90.4 Å². The van der Waals surface area contributed by atoms with Gasteiger partial charge in [0.15, 0.2) is 0 Å². The van der Waals surface area contributed by atoms with Crippen LogP contribution >= 0.6 is 0 Å². The number of nitriles is 1. The van der Waals surface area contributed by atoms with E-state index in [-0.39, 0.29) is 17.4 Å². The molecule has 20 heavy (non-hydrogen) atoms. The van der Waals surface area contributed by atoms with E-state index in [4.69, 9.17) is 5.26 Å². The highest BCUT2D eigenvalue weighted by molar-refractivity contribution is 5.60. The molecule has 1 heterocycles. The first-order chi connectivity index (χ1) is 9.52. The Bertz CT molecular complexity index is 543. The first-order valence-corrected chi connectivity index (χ1v) is 6.64. The maximum Gasteiger partial charge on any atom is 0.289 e. The highest BCUT2D eigenvalue weighted by Gasteiger charge is 2.24. The number of hydrogen-bond donors (Lipinski definition) is 1. The SMILES string of the molecule is CC(O)C1CCN(c2ccc(C#N)c([N+](=O)[O-])c2)CC1. The lowest BCUT2D eigenvalue weighted by Gasteiger charge is -2.34. The number of nitro groups is 1. The summed E-state index contributed by atoms with van der Waals surface area (Å²) in [6, 6.07) is 6.53. The molecule has 1 saturated heterocycles. The minimum Gasteiger partial charge on any atom is -0.393 e. The summed E-state index contributed by atoms with van der Waals surface area (Å²) >= 11 is 0. The second-order valence-corrected chi connectivity index (χ2v) is 5.14. The zero-order chi connectivity index (χ0) is 14.7. The number of nitro benzene ring substituents is 1. The Labute approximate surface area is 117 Å². The van der Waals surface area contributed by atoms with Crippen molar-refractivity contribution >= 4 is 11.4 Å². The maximum absolute atomic E-state index is 11.0. The van der Waals surface area contributed by atoms with Gasteiger partial charge in [-0.3, -0.25) is 10.1 Å². The molecule has 1 aromatic rings. The van der Waals surface area contributed by atoms with E-state index in [0.29, 0.717) is 5.92 Å². The van der Waals surface area contributed by atoms with Crippen LogP contribution in [0.3, 0.4) is 0 Å². The number of hydrogen-bond acceptors (Lipinski definition) is 5. The van der Waals surface area contributed by atoms with Crippen molar-refractivity contribution in [2.75, 3.05) is 18.0 Å². The lowest BCUT2D eigenvalue weighted by Crippen LogP contribution is -2.37. The molecule has 6 nitrogen and oxygen atoms in total. The van der Waals surface area contributed by atoms with E-state index in [1.54, 1.807) is 13.0 Å². The second-order valence-electron chi connectivity index (χ2n) is 5.14. The molecule has 0 saturated carbocycles. The van der Waals surface area contributed by atoms with Gasteiger partial charge in [-0.15, -0.1) is 0 Å². The largest absolute Gasteiger partial charge is 0.393 e. The molecule has 0 radical (unpaired) electrons. The van der Waals surface area contributed by atoms with Crippen LogP contribution in [0.5, 0.6) is 0 Å². The minimum atomic E-state index is -0.523. The van der Waals surface area contributed by atoms with Gasteiger partial charge in [0, 0.05) is 24.8 Å². The van der Waals surface area contributed by atoms with Gasteiger partial charge in [-0.2, -0.15) is 5.26 Å². The molecule has 2 rings (SSSR count). The molecule has 1 unspecified atom stereocenters. The molecule has 0 aliphatic carbocycles. The average Bonchev–Trinajstić information content (AvgIpc) is 2.46. The monoisotopic (exact) mass is 275 g/mol. The van der Waals surface area contributed by atoms with Gasteiger partial charge in [0.25, 0.3) is 5.69 Å². The summed E-state index contributed by atoms with van der Waals surface area (Å²) in [6.45, 7) is 3.32. The third kappa shape index (κ3) is 2.89. The van der Waals surface area contributed by atoms with Crippen LogP contribution in [0, 0.1) is 27.4 Å². The Hall–Kier alpha value is -2.13. The number of anilines is 1. The quantitative estimate of drug-likeness (QED) is 0.673. The summed E-state index contributed by atoms with van der Waals surface area (Å²) in [6.07, 6.45) is 1.42. The van der Waals surface area contributed by atoms with Crippen LogP contribution < -0.4 is 4.90 Å². The summed E-state index contributed by atoms with van der Waals surface area (Å²) in [5.74, 6) is 0.291.